The van der Waals surface area contributed by atoms with Crippen molar-refractivity contribution in [3.63, 3.8) is 0 Å². The quantitative estimate of drug-likeness (QED) is 0.372. The zero-order valence-electron chi connectivity index (χ0n) is 9.92. The average molecular weight is 269 g/mol. The Bertz CT molecular complexity index is 254. The maximum Gasteiger partial charge on any atom is 0.325 e. The van der Waals surface area contributed by atoms with Crippen molar-refractivity contribution < 1.29 is 28.6 Å². The first-order valence-electron chi connectivity index (χ1n) is 5.33. The summed E-state index contributed by atoms with van der Waals surface area (Å²) in [6.45, 7) is 1.23. The van der Waals surface area contributed by atoms with E-state index in [4.69, 9.17) is 19.3 Å². The van der Waals surface area contributed by atoms with E-state index in [1.807, 2.05) is 0 Å². The number of amides is 1. The highest BCUT2D eigenvalue weighted by Crippen LogP contribution is 2.34. The summed E-state index contributed by atoms with van der Waals surface area (Å²) in [5, 5.41) is 2.51. The molecule has 0 spiro atoms. The van der Waals surface area contributed by atoms with Gasteiger partial charge in [0, 0.05) is 26.9 Å². The monoisotopic (exact) mass is 269 g/mol. The van der Waals surface area contributed by atoms with Crippen LogP contribution >= 0.6 is 7.60 Å². The summed E-state index contributed by atoms with van der Waals surface area (Å²) < 4.78 is 20.3. The first-order valence-corrected chi connectivity index (χ1v) is 7.13. The zero-order valence-corrected chi connectivity index (χ0v) is 10.8. The third-order valence-corrected chi connectivity index (χ3v) is 2.72. The van der Waals surface area contributed by atoms with Crippen molar-refractivity contribution >= 4 is 13.5 Å². The highest BCUT2D eigenvalue weighted by Gasteiger charge is 2.11. The molecule has 17 heavy (non-hydrogen) atoms. The highest BCUT2D eigenvalue weighted by molar-refractivity contribution is 7.51. The Kier molecular flexibility index (Phi) is 9.30. The van der Waals surface area contributed by atoms with Gasteiger partial charge in [-0.25, -0.2) is 0 Å². The van der Waals surface area contributed by atoms with Crippen molar-refractivity contribution in [1.82, 2.24) is 5.32 Å². The SMILES string of the molecule is COCCCOCC(=O)NCCCP(=O)(O)O. The van der Waals surface area contributed by atoms with Gasteiger partial charge in [0.1, 0.15) is 6.61 Å². The molecule has 0 aromatic heterocycles. The van der Waals surface area contributed by atoms with Crippen molar-refractivity contribution in [2.45, 2.75) is 12.8 Å². The van der Waals surface area contributed by atoms with E-state index in [9.17, 15) is 9.36 Å². The van der Waals surface area contributed by atoms with E-state index in [0.29, 0.717) is 13.2 Å². The first kappa shape index (κ1) is 16.5. The van der Waals surface area contributed by atoms with Gasteiger partial charge in [0.05, 0.1) is 6.16 Å². The van der Waals surface area contributed by atoms with E-state index in [0.717, 1.165) is 6.42 Å². The lowest BCUT2D eigenvalue weighted by Crippen LogP contribution is -2.29. The van der Waals surface area contributed by atoms with E-state index in [2.05, 4.69) is 5.32 Å². The van der Waals surface area contributed by atoms with Gasteiger partial charge in [-0.1, -0.05) is 0 Å². The maximum atomic E-state index is 11.1. The molecule has 0 unspecified atom stereocenters. The molecule has 0 aromatic carbocycles. The molecule has 0 atom stereocenters. The predicted octanol–water partition coefficient (Wildman–Crippen LogP) is -0.277. The molecule has 0 aromatic rings. The van der Waals surface area contributed by atoms with Gasteiger partial charge in [0.25, 0.3) is 0 Å². The third-order valence-electron chi connectivity index (χ3n) is 1.82. The number of methoxy groups -OCH3 is 1. The molecule has 3 N–H and O–H groups in total. The maximum absolute atomic E-state index is 11.1. The minimum absolute atomic E-state index is 0.0420. The average Bonchev–Trinajstić information content (AvgIpc) is 2.23. The number of carbonyl (C=O) groups excluding carboxylic acids is 1. The second kappa shape index (κ2) is 9.56. The molecule has 0 bridgehead atoms. The molecule has 0 radical (unpaired) electrons. The minimum Gasteiger partial charge on any atom is -0.385 e. The van der Waals surface area contributed by atoms with Crippen LogP contribution in [0.25, 0.3) is 0 Å². The molecular formula is C9H20NO6P. The summed E-state index contributed by atoms with van der Waals surface area (Å²) in [5.41, 5.74) is 0. The van der Waals surface area contributed by atoms with Crippen LogP contribution in [0.15, 0.2) is 0 Å². The largest absolute Gasteiger partial charge is 0.385 e. The summed E-state index contributed by atoms with van der Waals surface area (Å²) in [4.78, 5) is 28.3. The van der Waals surface area contributed by atoms with Crippen LogP contribution in [0, 0.1) is 0 Å². The van der Waals surface area contributed by atoms with Crippen LogP contribution in [0.4, 0.5) is 0 Å². The fourth-order valence-corrected chi connectivity index (χ4v) is 1.60. The Balaban J connectivity index is 3.32. The van der Waals surface area contributed by atoms with Gasteiger partial charge in [-0.15, -0.1) is 0 Å². The Labute approximate surface area is 101 Å². The molecule has 0 aliphatic rings. The van der Waals surface area contributed by atoms with Crippen molar-refractivity contribution in [3.05, 3.63) is 0 Å². The fourth-order valence-electron chi connectivity index (χ4n) is 1.03. The third kappa shape index (κ3) is 13.5. The number of ether oxygens (including phenoxy) is 2. The van der Waals surface area contributed by atoms with Gasteiger partial charge in [0.2, 0.25) is 5.91 Å². The van der Waals surface area contributed by atoms with Gasteiger partial charge in [-0.3, -0.25) is 9.36 Å². The molecule has 0 heterocycles. The molecule has 8 heteroatoms. The van der Waals surface area contributed by atoms with Crippen LogP contribution in [-0.4, -0.2) is 55.3 Å². The highest BCUT2D eigenvalue weighted by atomic mass is 31.2. The molecule has 1 amide bonds. The van der Waals surface area contributed by atoms with E-state index >= 15 is 0 Å². The summed E-state index contributed by atoms with van der Waals surface area (Å²) in [5.74, 6) is -0.284. The fraction of sp³-hybridized carbons (Fsp3) is 0.889. The second-order valence-corrected chi connectivity index (χ2v) is 5.27. The van der Waals surface area contributed by atoms with E-state index in [-0.39, 0.29) is 31.6 Å². The number of hydrogen-bond donors (Lipinski definition) is 3. The molecule has 7 nitrogen and oxygen atoms in total. The summed E-state index contributed by atoms with van der Waals surface area (Å²) in [6, 6.07) is 0. The lowest BCUT2D eigenvalue weighted by molar-refractivity contribution is -0.125. The zero-order chi connectivity index (χ0) is 13.1. The number of nitrogens with one attached hydrogen (secondary N) is 1. The molecule has 0 aliphatic carbocycles. The second-order valence-electron chi connectivity index (χ2n) is 3.49. The molecule has 0 rings (SSSR count). The van der Waals surface area contributed by atoms with Gasteiger partial charge in [0.15, 0.2) is 0 Å². The normalized spacial score (nSPS) is 11.5. The Morgan fingerprint density at radius 3 is 2.59 bits per heavy atom. The number of carbonyl (C=O) groups is 1. The molecule has 0 saturated carbocycles. The Morgan fingerprint density at radius 2 is 2.00 bits per heavy atom. The van der Waals surface area contributed by atoms with Crippen LogP contribution in [0.3, 0.4) is 0 Å². The van der Waals surface area contributed by atoms with Crippen LogP contribution < -0.4 is 5.32 Å². The number of rotatable bonds is 10. The Hall–Kier alpha value is -0.460. The molecule has 0 saturated heterocycles. The lowest BCUT2D eigenvalue weighted by Gasteiger charge is -2.06. The van der Waals surface area contributed by atoms with Crippen LogP contribution in [0.1, 0.15) is 12.8 Å². The molecule has 102 valence electrons. The summed E-state index contributed by atoms with van der Waals surface area (Å²) in [7, 11) is -2.36. The summed E-state index contributed by atoms with van der Waals surface area (Å²) in [6.07, 6.45) is 0.754. The van der Waals surface area contributed by atoms with E-state index < -0.39 is 7.60 Å². The summed E-state index contributed by atoms with van der Waals surface area (Å²) >= 11 is 0. The van der Waals surface area contributed by atoms with Gasteiger partial charge in [-0.05, 0) is 12.8 Å². The van der Waals surface area contributed by atoms with Crippen LogP contribution in [0.5, 0.6) is 0 Å². The van der Waals surface area contributed by atoms with Crippen molar-refractivity contribution in [2.24, 2.45) is 0 Å². The van der Waals surface area contributed by atoms with Gasteiger partial charge < -0.3 is 24.6 Å². The van der Waals surface area contributed by atoms with Crippen molar-refractivity contribution in [2.75, 3.05) is 39.6 Å². The molecule has 0 aliphatic heterocycles. The standard InChI is InChI=1S/C9H20NO6P/c1-15-5-3-6-16-8-9(11)10-4-2-7-17(12,13)14/h2-8H2,1H3,(H,10,11)(H2,12,13,14). The van der Waals surface area contributed by atoms with Crippen molar-refractivity contribution in [3.8, 4) is 0 Å². The lowest BCUT2D eigenvalue weighted by atomic mass is 10.4. The van der Waals surface area contributed by atoms with Crippen LogP contribution in [-0.2, 0) is 18.8 Å². The van der Waals surface area contributed by atoms with E-state index in [1.54, 1.807) is 7.11 Å². The van der Waals surface area contributed by atoms with Gasteiger partial charge in [-0.2, -0.15) is 0 Å². The molecule has 0 fully saturated rings. The minimum atomic E-state index is -3.96. The first-order chi connectivity index (χ1) is 7.95. The Morgan fingerprint density at radius 1 is 1.29 bits per heavy atom. The number of hydrogen-bond acceptors (Lipinski definition) is 4. The predicted molar refractivity (Wildman–Crippen MR) is 61.8 cm³/mol. The molecular weight excluding hydrogens is 249 g/mol. The van der Waals surface area contributed by atoms with Crippen molar-refractivity contribution in [1.29, 1.82) is 0 Å². The smallest absolute Gasteiger partial charge is 0.325 e. The van der Waals surface area contributed by atoms with Gasteiger partial charge >= 0.3 is 7.60 Å². The van der Waals surface area contributed by atoms with Crippen LogP contribution in [0.2, 0.25) is 0 Å². The topological polar surface area (TPSA) is 105 Å². The van der Waals surface area contributed by atoms with E-state index in [1.165, 1.54) is 0 Å².